The molecule has 2 amide bonds. The third-order valence-electron chi connectivity index (χ3n) is 4.66. The Labute approximate surface area is 168 Å². The number of carbonyl (C=O) groups excluding carboxylic acids is 1. The summed E-state index contributed by atoms with van der Waals surface area (Å²) in [7, 11) is 0. The van der Waals surface area contributed by atoms with E-state index in [0.29, 0.717) is 22.4 Å². The monoisotopic (exact) mass is 424 g/mol. The molecule has 0 atom stereocenters. The van der Waals surface area contributed by atoms with Crippen molar-refractivity contribution in [1.29, 1.82) is 0 Å². The maximum Gasteiger partial charge on any atom is 0.324 e. The van der Waals surface area contributed by atoms with E-state index in [9.17, 15) is 18.0 Å². The molecule has 4 heterocycles. The fourth-order valence-corrected chi connectivity index (χ4v) is 3.34. The Morgan fingerprint density at radius 3 is 2.66 bits per heavy atom. The number of amides is 2. The molecule has 0 aromatic carbocycles. The van der Waals surface area contributed by atoms with Gasteiger partial charge in [0.1, 0.15) is 11.5 Å². The first-order chi connectivity index (χ1) is 13.8. The molecular formula is C18H16ClF3N6O. The normalized spacial score (nSPS) is 16.1. The van der Waals surface area contributed by atoms with Crippen molar-refractivity contribution in [2.45, 2.75) is 18.8 Å². The van der Waals surface area contributed by atoms with Crippen LogP contribution in [-0.4, -0.2) is 40.0 Å². The summed E-state index contributed by atoms with van der Waals surface area (Å²) in [6, 6.07) is 2.19. The Morgan fingerprint density at radius 2 is 1.93 bits per heavy atom. The van der Waals surface area contributed by atoms with Gasteiger partial charge in [0, 0.05) is 37.5 Å². The SMILES string of the molecule is O=C(Nc1ncc(N2CCC(F)(F)CC2)cc1Cl)Nc1c[nH]c2ncc(F)cc12. The molecule has 152 valence electrons. The van der Waals surface area contributed by atoms with E-state index in [2.05, 4.69) is 25.6 Å². The van der Waals surface area contributed by atoms with Crippen LogP contribution < -0.4 is 15.5 Å². The predicted octanol–water partition coefficient (Wildman–Crippen LogP) is 4.63. The minimum atomic E-state index is -2.64. The molecule has 1 aliphatic rings. The minimum absolute atomic E-state index is 0.111. The van der Waals surface area contributed by atoms with Crippen LogP contribution in [0, 0.1) is 5.82 Å². The van der Waals surface area contributed by atoms with Gasteiger partial charge in [-0.25, -0.2) is 27.9 Å². The van der Waals surface area contributed by atoms with Crippen LogP contribution in [0.5, 0.6) is 0 Å². The fourth-order valence-electron chi connectivity index (χ4n) is 3.13. The van der Waals surface area contributed by atoms with E-state index in [4.69, 9.17) is 11.6 Å². The summed E-state index contributed by atoms with van der Waals surface area (Å²) < 4.78 is 40.0. The number of pyridine rings is 2. The van der Waals surface area contributed by atoms with E-state index >= 15 is 0 Å². The summed E-state index contributed by atoms with van der Waals surface area (Å²) in [6.07, 6.45) is 3.56. The Morgan fingerprint density at radius 1 is 1.17 bits per heavy atom. The second kappa shape index (κ2) is 7.43. The third-order valence-corrected chi connectivity index (χ3v) is 4.95. The van der Waals surface area contributed by atoms with E-state index in [1.165, 1.54) is 18.5 Å². The van der Waals surface area contributed by atoms with Crippen LogP contribution >= 0.6 is 11.6 Å². The Kier molecular flexibility index (Phi) is 4.95. The summed E-state index contributed by atoms with van der Waals surface area (Å²) >= 11 is 6.20. The van der Waals surface area contributed by atoms with Crippen molar-refractivity contribution in [3.63, 3.8) is 0 Å². The smallest absolute Gasteiger partial charge is 0.324 e. The van der Waals surface area contributed by atoms with Gasteiger partial charge in [0.05, 0.1) is 28.8 Å². The average Bonchev–Trinajstić information content (AvgIpc) is 3.05. The third kappa shape index (κ3) is 4.21. The van der Waals surface area contributed by atoms with Crippen molar-refractivity contribution < 1.29 is 18.0 Å². The summed E-state index contributed by atoms with van der Waals surface area (Å²) in [6.45, 7) is 0.396. The molecular weight excluding hydrogens is 409 g/mol. The first-order valence-electron chi connectivity index (χ1n) is 8.80. The number of nitrogens with one attached hydrogen (secondary N) is 3. The number of fused-ring (bicyclic) bond motifs is 1. The van der Waals surface area contributed by atoms with E-state index in [1.807, 2.05) is 0 Å². The quantitative estimate of drug-likeness (QED) is 0.572. The zero-order valence-electron chi connectivity index (χ0n) is 15.0. The molecule has 0 unspecified atom stereocenters. The van der Waals surface area contributed by atoms with Gasteiger partial charge in [0.2, 0.25) is 0 Å². The van der Waals surface area contributed by atoms with E-state index in [0.717, 1.165) is 6.20 Å². The van der Waals surface area contributed by atoms with Crippen LogP contribution in [0.2, 0.25) is 5.02 Å². The lowest BCUT2D eigenvalue weighted by Gasteiger charge is -2.33. The lowest BCUT2D eigenvalue weighted by Crippen LogP contribution is -2.39. The van der Waals surface area contributed by atoms with Crippen LogP contribution in [0.4, 0.5) is 35.2 Å². The topological polar surface area (TPSA) is 85.9 Å². The summed E-state index contributed by atoms with van der Waals surface area (Å²) in [5.41, 5.74) is 1.37. The number of nitrogens with zero attached hydrogens (tertiary/aromatic N) is 3. The van der Waals surface area contributed by atoms with Crippen LogP contribution in [0.3, 0.4) is 0 Å². The minimum Gasteiger partial charge on any atom is -0.370 e. The van der Waals surface area contributed by atoms with Crippen molar-refractivity contribution >= 4 is 45.9 Å². The zero-order valence-corrected chi connectivity index (χ0v) is 15.7. The number of rotatable bonds is 3. The van der Waals surface area contributed by atoms with Crippen LogP contribution in [0.25, 0.3) is 11.0 Å². The first kappa shape index (κ1) is 19.3. The number of anilines is 3. The molecule has 7 nitrogen and oxygen atoms in total. The first-order valence-corrected chi connectivity index (χ1v) is 9.17. The number of urea groups is 1. The Bertz CT molecular complexity index is 1060. The number of piperidine rings is 1. The second-order valence-electron chi connectivity index (χ2n) is 6.70. The summed E-state index contributed by atoms with van der Waals surface area (Å²) in [5.74, 6) is -3.07. The van der Waals surface area contributed by atoms with Gasteiger partial charge in [-0.3, -0.25) is 5.32 Å². The van der Waals surface area contributed by atoms with Gasteiger partial charge in [-0.2, -0.15) is 0 Å². The van der Waals surface area contributed by atoms with Crippen molar-refractivity contribution in [2.75, 3.05) is 28.6 Å². The molecule has 0 bridgehead atoms. The lowest BCUT2D eigenvalue weighted by atomic mass is 10.1. The maximum absolute atomic E-state index is 13.4. The highest BCUT2D eigenvalue weighted by Crippen LogP contribution is 2.32. The molecule has 29 heavy (non-hydrogen) atoms. The number of hydrogen-bond donors (Lipinski definition) is 3. The summed E-state index contributed by atoms with van der Waals surface area (Å²) in [4.78, 5) is 24.9. The number of halogens is 4. The molecule has 1 saturated heterocycles. The maximum atomic E-state index is 13.4. The van der Waals surface area contributed by atoms with Gasteiger partial charge in [-0.15, -0.1) is 0 Å². The van der Waals surface area contributed by atoms with Crippen molar-refractivity contribution in [3.05, 3.63) is 41.6 Å². The van der Waals surface area contributed by atoms with Gasteiger partial charge >= 0.3 is 6.03 Å². The molecule has 1 aliphatic heterocycles. The van der Waals surface area contributed by atoms with Gasteiger partial charge < -0.3 is 15.2 Å². The number of alkyl halides is 2. The van der Waals surface area contributed by atoms with E-state index < -0.39 is 17.8 Å². The Hall–Kier alpha value is -3.01. The fraction of sp³-hybridized carbons (Fsp3) is 0.278. The molecule has 3 aromatic rings. The van der Waals surface area contributed by atoms with Crippen LogP contribution in [0.1, 0.15) is 12.8 Å². The molecule has 4 rings (SSSR count). The highest BCUT2D eigenvalue weighted by molar-refractivity contribution is 6.33. The number of aromatic amines is 1. The molecule has 3 N–H and O–H groups in total. The van der Waals surface area contributed by atoms with Crippen LogP contribution in [-0.2, 0) is 0 Å². The van der Waals surface area contributed by atoms with E-state index in [-0.39, 0.29) is 36.8 Å². The van der Waals surface area contributed by atoms with Crippen LogP contribution in [0.15, 0.2) is 30.7 Å². The molecule has 11 heteroatoms. The predicted molar refractivity (Wildman–Crippen MR) is 104 cm³/mol. The van der Waals surface area contributed by atoms with E-state index in [1.54, 1.807) is 11.0 Å². The number of carbonyl (C=O) groups is 1. The molecule has 1 fully saturated rings. The largest absolute Gasteiger partial charge is 0.370 e. The number of H-pyrrole nitrogens is 1. The van der Waals surface area contributed by atoms with Crippen molar-refractivity contribution in [3.8, 4) is 0 Å². The highest BCUT2D eigenvalue weighted by Gasteiger charge is 2.34. The van der Waals surface area contributed by atoms with Gasteiger partial charge in [-0.1, -0.05) is 11.6 Å². The highest BCUT2D eigenvalue weighted by atomic mass is 35.5. The summed E-state index contributed by atoms with van der Waals surface area (Å²) in [5, 5.41) is 5.67. The lowest BCUT2D eigenvalue weighted by molar-refractivity contribution is -0.0220. The molecule has 0 spiro atoms. The van der Waals surface area contributed by atoms with Crippen molar-refractivity contribution in [2.24, 2.45) is 0 Å². The number of hydrogen-bond acceptors (Lipinski definition) is 4. The standard InChI is InChI=1S/C18H16ClF3N6O/c19-13-6-11(28-3-1-18(21,22)2-4-28)8-24-16(13)27-17(29)26-14-9-25-15-12(14)5-10(20)7-23-15/h5-9H,1-4H2,(H,23,25)(H2,24,26,27,29). The van der Waals surface area contributed by atoms with Gasteiger partial charge in [0.15, 0.2) is 5.82 Å². The zero-order chi connectivity index (χ0) is 20.6. The van der Waals surface area contributed by atoms with Crippen molar-refractivity contribution in [1.82, 2.24) is 15.0 Å². The Balaban J connectivity index is 1.44. The average molecular weight is 425 g/mol. The molecule has 0 saturated carbocycles. The van der Waals surface area contributed by atoms with Gasteiger partial charge in [-0.05, 0) is 12.1 Å². The van der Waals surface area contributed by atoms with Gasteiger partial charge in [0.25, 0.3) is 5.92 Å². The molecule has 0 aliphatic carbocycles. The second-order valence-corrected chi connectivity index (χ2v) is 7.11. The molecule has 0 radical (unpaired) electrons. The number of aromatic nitrogens is 3. The molecule has 3 aromatic heterocycles.